The number of hydrogen-bond donors (Lipinski definition) is 3. The molecule has 1 fully saturated rings. The third-order valence-electron chi connectivity index (χ3n) is 4.24. The summed E-state index contributed by atoms with van der Waals surface area (Å²) in [6.07, 6.45) is 6.16. The smallest absolute Gasteiger partial charge is 0.251 e. The van der Waals surface area contributed by atoms with Crippen molar-refractivity contribution in [1.29, 1.82) is 0 Å². The largest absolute Gasteiger partial charge is 0.348 e. The Balaban J connectivity index is 1.96. The lowest BCUT2D eigenvalue weighted by Crippen LogP contribution is -2.45. The van der Waals surface area contributed by atoms with Gasteiger partial charge in [0.1, 0.15) is 0 Å². The molecule has 0 heterocycles. The molecule has 0 aliphatic heterocycles. The Morgan fingerprint density at radius 3 is 2.35 bits per heavy atom. The fraction of sp³-hybridized carbons (Fsp3) is 0.562. The Bertz CT molecular complexity index is 424. The molecule has 20 heavy (non-hydrogen) atoms. The zero-order valence-electron chi connectivity index (χ0n) is 12.0. The predicted molar refractivity (Wildman–Crippen MR) is 81.2 cm³/mol. The second kappa shape index (κ2) is 7.41. The Kier molecular flexibility index (Phi) is 5.56. The molecule has 4 nitrogen and oxygen atoms in total. The SMILES string of the molecule is NCc1ccc(C(=O)NC(CN)C2CCCCC2)cc1. The van der Waals surface area contributed by atoms with Gasteiger partial charge < -0.3 is 16.8 Å². The van der Waals surface area contributed by atoms with E-state index >= 15 is 0 Å². The number of nitrogens with one attached hydrogen (secondary N) is 1. The lowest BCUT2D eigenvalue weighted by molar-refractivity contribution is 0.0915. The first kappa shape index (κ1) is 15.0. The van der Waals surface area contributed by atoms with Crippen LogP contribution >= 0.6 is 0 Å². The van der Waals surface area contributed by atoms with E-state index in [0.29, 0.717) is 24.6 Å². The molecule has 110 valence electrons. The van der Waals surface area contributed by atoms with E-state index in [2.05, 4.69) is 5.32 Å². The van der Waals surface area contributed by atoms with E-state index in [1.54, 1.807) is 0 Å². The van der Waals surface area contributed by atoms with Gasteiger partial charge >= 0.3 is 0 Å². The van der Waals surface area contributed by atoms with Crippen LogP contribution in [0.5, 0.6) is 0 Å². The molecule has 0 spiro atoms. The van der Waals surface area contributed by atoms with Crippen LogP contribution in [0, 0.1) is 5.92 Å². The summed E-state index contributed by atoms with van der Waals surface area (Å²) in [5.74, 6) is 0.496. The summed E-state index contributed by atoms with van der Waals surface area (Å²) in [7, 11) is 0. The van der Waals surface area contributed by atoms with Crippen molar-refractivity contribution in [3.8, 4) is 0 Å². The van der Waals surface area contributed by atoms with Gasteiger partial charge in [0.25, 0.3) is 5.91 Å². The molecule has 1 aromatic rings. The summed E-state index contributed by atoms with van der Waals surface area (Å²) in [5.41, 5.74) is 13.1. The van der Waals surface area contributed by atoms with E-state index in [9.17, 15) is 4.79 Å². The summed E-state index contributed by atoms with van der Waals surface area (Å²) in [6, 6.07) is 7.54. The Morgan fingerprint density at radius 1 is 1.15 bits per heavy atom. The monoisotopic (exact) mass is 275 g/mol. The van der Waals surface area contributed by atoms with Crippen molar-refractivity contribution in [3.05, 3.63) is 35.4 Å². The second-order valence-electron chi connectivity index (χ2n) is 5.61. The minimum atomic E-state index is -0.0328. The lowest BCUT2D eigenvalue weighted by atomic mass is 9.84. The molecule has 1 aromatic carbocycles. The molecule has 1 saturated carbocycles. The molecule has 1 aliphatic carbocycles. The molecule has 2 rings (SSSR count). The van der Waals surface area contributed by atoms with Crippen molar-refractivity contribution in [2.45, 2.75) is 44.7 Å². The number of carbonyl (C=O) groups is 1. The molecule has 5 N–H and O–H groups in total. The third-order valence-corrected chi connectivity index (χ3v) is 4.24. The van der Waals surface area contributed by atoms with Gasteiger partial charge in [0, 0.05) is 24.7 Å². The first-order valence-electron chi connectivity index (χ1n) is 7.54. The van der Waals surface area contributed by atoms with Crippen molar-refractivity contribution >= 4 is 5.91 Å². The number of rotatable bonds is 5. The quantitative estimate of drug-likeness (QED) is 0.766. The highest BCUT2D eigenvalue weighted by molar-refractivity contribution is 5.94. The molecule has 0 saturated heterocycles. The lowest BCUT2D eigenvalue weighted by Gasteiger charge is -2.30. The summed E-state index contributed by atoms with van der Waals surface area (Å²) in [4.78, 5) is 12.3. The average molecular weight is 275 g/mol. The van der Waals surface area contributed by atoms with Gasteiger partial charge in [0.2, 0.25) is 0 Å². The van der Waals surface area contributed by atoms with E-state index in [1.807, 2.05) is 24.3 Å². The molecular formula is C16H25N3O. The number of hydrogen-bond acceptors (Lipinski definition) is 3. The Morgan fingerprint density at radius 2 is 1.80 bits per heavy atom. The maximum Gasteiger partial charge on any atom is 0.251 e. The zero-order chi connectivity index (χ0) is 14.4. The van der Waals surface area contributed by atoms with Crippen LogP contribution in [0.25, 0.3) is 0 Å². The van der Waals surface area contributed by atoms with E-state index in [0.717, 1.165) is 5.56 Å². The maximum atomic E-state index is 12.3. The predicted octanol–water partition coefficient (Wildman–Crippen LogP) is 1.78. The van der Waals surface area contributed by atoms with Gasteiger partial charge in [-0.1, -0.05) is 31.4 Å². The van der Waals surface area contributed by atoms with E-state index < -0.39 is 0 Å². The molecule has 1 unspecified atom stereocenters. The number of amides is 1. The van der Waals surface area contributed by atoms with Gasteiger partial charge in [-0.3, -0.25) is 4.79 Å². The minimum Gasteiger partial charge on any atom is -0.348 e. The fourth-order valence-corrected chi connectivity index (χ4v) is 2.95. The van der Waals surface area contributed by atoms with Gasteiger partial charge in [-0.05, 0) is 36.5 Å². The number of carbonyl (C=O) groups excluding carboxylic acids is 1. The number of benzene rings is 1. The van der Waals surface area contributed by atoms with Crippen LogP contribution < -0.4 is 16.8 Å². The van der Waals surface area contributed by atoms with E-state index in [-0.39, 0.29) is 11.9 Å². The second-order valence-corrected chi connectivity index (χ2v) is 5.61. The van der Waals surface area contributed by atoms with Crippen LogP contribution in [0.4, 0.5) is 0 Å². The highest BCUT2D eigenvalue weighted by atomic mass is 16.1. The van der Waals surface area contributed by atoms with Crippen molar-refractivity contribution < 1.29 is 4.79 Å². The molecular weight excluding hydrogens is 250 g/mol. The summed E-state index contributed by atoms with van der Waals surface area (Å²) < 4.78 is 0. The topological polar surface area (TPSA) is 81.1 Å². The maximum absolute atomic E-state index is 12.3. The van der Waals surface area contributed by atoms with Gasteiger partial charge in [-0.25, -0.2) is 0 Å². The zero-order valence-corrected chi connectivity index (χ0v) is 12.0. The molecule has 0 radical (unpaired) electrons. The Labute approximate surface area is 120 Å². The molecule has 0 bridgehead atoms. The number of nitrogens with two attached hydrogens (primary N) is 2. The van der Waals surface area contributed by atoms with Crippen LogP contribution in [0.15, 0.2) is 24.3 Å². The van der Waals surface area contributed by atoms with Gasteiger partial charge in [0.05, 0.1) is 0 Å². The summed E-state index contributed by atoms with van der Waals surface area (Å²) in [5, 5.41) is 3.09. The first-order valence-corrected chi connectivity index (χ1v) is 7.54. The molecule has 1 aliphatic rings. The van der Waals surface area contributed by atoms with Crippen LogP contribution in [-0.4, -0.2) is 18.5 Å². The van der Waals surface area contributed by atoms with Crippen LogP contribution in [-0.2, 0) is 6.54 Å². The molecule has 1 amide bonds. The molecule has 1 atom stereocenters. The van der Waals surface area contributed by atoms with Crippen molar-refractivity contribution in [2.75, 3.05) is 6.54 Å². The van der Waals surface area contributed by atoms with Crippen LogP contribution in [0.3, 0.4) is 0 Å². The normalized spacial score (nSPS) is 17.7. The Hall–Kier alpha value is -1.39. The standard InChI is InChI=1S/C16H25N3O/c17-10-12-6-8-14(9-7-12)16(20)19-15(11-18)13-4-2-1-3-5-13/h6-9,13,15H,1-5,10-11,17-18H2,(H,19,20). The van der Waals surface area contributed by atoms with Gasteiger partial charge in [-0.15, -0.1) is 0 Å². The average Bonchev–Trinajstić information content (AvgIpc) is 2.53. The van der Waals surface area contributed by atoms with Crippen molar-refractivity contribution in [1.82, 2.24) is 5.32 Å². The van der Waals surface area contributed by atoms with Gasteiger partial charge in [-0.2, -0.15) is 0 Å². The molecule has 4 heteroatoms. The third kappa shape index (κ3) is 3.81. The minimum absolute atomic E-state index is 0.0328. The van der Waals surface area contributed by atoms with E-state index in [4.69, 9.17) is 11.5 Å². The van der Waals surface area contributed by atoms with Crippen LogP contribution in [0.2, 0.25) is 0 Å². The highest BCUT2D eigenvalue weighted by Crippen LogP contribution is 2.26. The summed E-state index contributed by atoms with van der Waals surface area (Å²) >= 11 is 0. The summed E-state index contributed by atoms with van der Waals surface area (Å²) in [6.45, 7) is 1.01. The highest BCUT2D eigenvalue weighted by Gasteiger charge is 2.24. The van der Waals surface area contributed by atoms with Crippen molar-refractivity contribution in [3.63, 3.8) is 0 Å². The first-order chi connectivity index (χ1) is 9.74. The molecule has 0 aromatic heterocycles. The van der Waals surface area contributed by atoms with E-state index in [1.165, 1.54) is 32.1 Å². The van der Waals surface area contributed by atoms with Gasteiger partial charge in [0.15, 0.2) is 0 Å². The van der Waals surface area contributed by atoms with Crippen molar-refractivity contribution in [2.24, 2.45) is 17.4 Å². The fourth-order valence-electron chi connectivity index (χ4n) is 2.95. The van der Waals surface area contributed by atoms with Crippen LogP contribution in [0.1, 0.15) is 48.0 Å².